The molecule has 14 heavy (non-hydrogen) atoms. The van der Waals surface area contributed by atoms with Crippen molar-refractivity contribution in [3.8, 4) is 0 Å². The van der Waals surface area contributed by atoms with Crippen molar-refractivity contribution < 1.29 is 4.79 Å². The van der Waals surface area contributed by atoms with Crippen molar-refractivity contribution >= 4 is 5.78 Å². The highest BCUT2D eigenvalue weighted by atomic mass is 16.1. The van der Waals surface area contributed by atoms with Gasteiger partial charge in [-0.05, 0) is 19.4 Å². The molecule has 2 nitrogen and oxygen atoms in total. The van der Waals surface area contributed by atoms with E-state index in [1.54, 1.807) is 0 Å². The third-order valence-corrected chi connectivity index (χ3v) is 2.61. The predicted octanol–water partition coefficient (Wildman–Crippen LogP) is 2.16. The van der Waals surface area contributed by atoms with Crippen molar-refractivity contribution in [1.82, 2.24) is 0 Å². The van der Waals surface area contributed by atoms with E-state index in [0.29, 0.717) is 0 Å². The lowest BCUT2D eigenvalue weighted by Crippen LogP contribution is -2.30. The van der Waals surface area contributed by atoms with Crippen molar-refractivity contribution in [2.24, 2.45) is 11.7 Å². The Morgan fingerprint density at radius 2 is 1.86 bits per heavy atom. The second-order valence-corrected chi connectivity index (χ2v) is 3.83. The van der Waals surface area contributed by atoms with Crippen LogP contribution in [-0.2, 0) is 0 Å². The van der Waals surface area contributed by atoms with Gasteiger partial charge in [0.05, 0.1) is 0 Å². The molecule has 76 valence electrons. The third-order valence-electron chi connectivity index (χ3n) is 2.61. The highest BCUT2D eigenvalue weighted by Crippen LogP contribution is 2.14. The Kier molecular flexibility index (Phi) is 3.42. The minimum absolute atomic E-state index is 0.0953. The van der Waals surface area contributed by atoms with Crippen LogP contribution in [0.5, 0.6) is 0 Å². The summed E-state index contributed by atoms with van der Waals surface area (Å²) in [6.45, 7) is 5.68. The Morgan fingerprint density at radius 1 is 1.29 bits per heavy atom. The molecular formula is C12H17NO. The first-order valence-electron chi connectivity index (χ1n) is 4.89. The van der Waals surface area contributed by atoms with Crippen molar-refractivity contribution in [2.45, 2.75) is 26.8 Å². The van der Waals surface area contributed by atoms with Crippen LogP contribution in [0, 0.1) is 12.8 Å². The van der Waals surface area contributed by atoms with Crippen LogP contribution in [0.2, 0.25) is 0 Å². The lowest BCUT2D eigenvalue weighted by atomic mass is 9.92. The van der Waals surface area contributed by atoms with Crippen LogP contribution in [0.4, 0.5) is 0 Å². The summed E-state index contributed by atoms with van der Waals surface area (Å²) < 4.78 is 0. The number of benzene rings is 1. The van der Waals surface area contributed by atoms with Gasteiger partial charge in [0.25, 0.3) is 0 Å². The Balaban J connectivity index is 2.95. The second kappa shape index (κ2) is 4.38. The molecule has 2 atom stereocenters. The zero-order valence-corrected chi connectivity index (χ0v) is 8.95. The highest BCUT2D eigenvalue weighted by molar-refractivity contribution is 5.99. The first-order valence-corrected chi connectivity index (χ1v) is 4.89. The average Bonchev–Trinajstić information content (AvgIpc) is 2.16. The number of Topliss-reactive ketones (excluding diaryl/α,β-unsaturated/α-hetero) is 1. The molecule has 0 radical (unpaired) electrons. The maximum atomic E-state index is 11.9. The van der Waals surface area contributed by atoms with Gasteiger partial charge in [-0.3, -0.25) is 4.79 Å². The smallest absolute Gasteiger partial charge is 0.167 e. The minimum atomic E-state index is -0.115. The maximum absolute atomic E-state index is 11.9. The van der Waals surface area contributed by atoms with Gasteiger partial charge in [0.15, 0.2) is 5.78 Å². The second-order valence-electron chi connectivity index (χ2n) is 3.83. The zero-order valence-electron chi connectivity index (χ0n) is 8.95. The SMILES string of the molecule is Cc1ccccc1C(=O)C(C)C(C)N. The van der Waals surface area contributed by atoms with Gasteiger partial charge in [-0.15, -0.1) is 0 Å². The highest BCUT2D eigenvalue weighted by Gasteiger charge is 2.19. The summed E-state index contributed by atoms with van der Waals surface area (Å²) in [6, 6.07) is 7.52. The first kappa shape index (κ1) is 10.9. The van der Waals surface area contributed by atoms with Gasteiger partial charge < -0.3 is 5.73 Å². The minimum Gasteiger partial charge on any atom is -0.327 e. The summed E-state index contributed by atoms with van der Waals surface area (Å²) in [5, 5.41) is 0. The molecule has 2 N–H and O–H groups in total. The topological polar surface area (TPSA) is 43.1 Å². The number of hydrogen-bond acceptors (Lipinski definition) is 2. The van der Waals surface area contributed by atoms with Gasteiger partial charge in [-0.2, -0.15) is 0 Å². The summed E-state index contributed by atoms with van der Waals surface area (Å²) >= 11 is 0. The fourth-order valence-corrected chi connectivity index (χ4v) is 1.33. The monoisotopic (exact) mass is 191 g/mol. The fraction of sp³-hybridized carbons (Fsp3) is 0.417. The lowest BCUT2D eigenvalue weighted by Gasteiger charge is -2.15. The summed E-state index contributed by atoms with van der Waals surface area (Å²) in [7, 11) is 0. The average molecular weight is 191 g/mol. The molecule has 0 aliphatic carbocycles. The van der Waals surface area contributed by atoms with Gasteiger partial charge in [0, 0.05) is 17.5 Å². The van der Waals surface area contributed by atoms with E-state index in [0.717, 1.165) is 11.1 Å². The van der Waals surface area contributed by atoms with E-state index in [4.69, 9.17) is 5.73 Å². The summed E-state index contributed by atoms with van der Waals surface area (Å²) in [6.07, 6.45) is 0. The molecule has 0 aliphatic heterocycles. The van der Waals surface area contributed by atoms with E-state index in [1.807, 2.05) is 45.0 Å². The van der Waals surface area contributed by atoms with Crippen LogP contribution in [0.15, 0.2) is 24.3 Å². The van der Waals surface area contributed by atoms with Crippen molar-refractivity contribution in [3.05, 3.63) is 35.4 Å². The molecule has 1 rings (SSSR count). The number of rotatable bonds is 3. The molecular weight excluding hydrogens is 174 g/mol. The molecule has 0 bridgehead atoms. The Labute approximate surface area is 85.1 Å². The standard InChI is InChI=1S/C12H17NO/c1-8-6-4-5-7-11(8)12(14)9(2)10(3)13/h4-7,9-10H,13H2,1-3H3. The number of ketones is 1. The van der Waals surface area contributed by atoms with E-state index >= 15 is 0 Å². The molecule has 2 unspecified atom stereocenters. The van der Waals surface area contributed by atoms with E-state index in [-0.39, 0.29) is 17.7 Å². The molecule has 0 amide bonds. The number of aryl methyl sites for hydroxylation is 1. The van der Waals surface area contributed by atoms with Gasteiger partial charge in [-0.1, -0.05) is 31.2 Å². The largest absolute Gasteiger partial charge is 0.327 e. The summed E-state index contributed by atoms with van der Waals surface area (Å²) in [4.78, 5) is 11.9. The first-order chi connectivity index (χ1) is 6.54. The van der Waals surface area contributed by atoms with Gasteiger partial charge in [0.2, 0.25) is 0 Å². The molecule has 1 aromatic carbocycles. The molecule has 0 fully saturated rings. The number of carbonyl (C=O) groups excluding carboxylic acids is 1. The molecule has 1 aromatic rings. The number of nitrogens with two attached hydrogens (primary N) is 1. The van der Waals surface area contributed by atoms with Gasteiger partial charge >= 0.3 is 0 Å². The van der Waals surface area contributed by atoms with Crippen LogP contribution in [0.1, 0.15) is 29.8 Å². The molecule has 0 aliphatic rings. The molecule has 2 heteroatoms. The van der Waals surface area contributed by atoms with Crippen molar-refractivity contribution in [3.63, 3.8) is 0 Å². The Bertz CT molecular complexity index is 331. The van der Waals surface area contributed by atoms with Gasteiger partial charge in [0.1, 0.15) is 0 Å². The zero-order chi connectivity index (χ0) is 10.7. The van der Waals surface area contributed by atoms with Crippen molar-refractivity contribution in [1.29, 1.82) is 0 Å². The molecule has 0 saturated carbocycles. The number of hydrogen-bond donors (Lipinski definition) is 1. The fourth-order valence-electron chi connectivity index (χ4n) is 1.33. The van der Waals surface area contributed by atoms with E-state index < -0.39 is 0 Å². The van der Waals surface area contributed by atoms with E-state index in [9.17, 15) is 4.79 Å². The van der Waals surface area contributed by atoms with E-state index in [1.165, 1.54) is 0 Å². The molecule has 0 spiro atoms. The van der Waals surface area contributed by atoms with E-state index in [2.05, 4.69) is 0 Å². The van der Waals surface area contributed by atoms with Crippen LogP contribution >= 0.6 is 0 Å². The lowest BCUT2D eigenvalue weighted by molar-refractivity contribution is 0.0916. The molecule has 0 heterocycles. The van der Waals surface area contributed by atoms with Crippen LogP contribution in [-0.4, -0.2) is 11.8 Å². The summed E-state index contributed by atoms with van der Waals surface area (Å²) in [5.74, 6) is 0.0224. The number of carbonyl (C=O) groups is 1. The van der Waals surface area contributed by atoms with Crippen molar-refractivity contribution in [2.75, 3.05) is 0 Å². The van der Waals surface area contributed by atoms with Crippen LogP contribution < -0.4 is 5.73 Å². The van der Waals surface area contributed by atoms with Crippen LogP contribution in [0.3, 0.4) is 0 Å². The summed E-state index contributed by atoms with van der Waals surface area (Å²) in [5.41, 5.74) is 7.51. The Hall–Kier alpha value is -1.15. The predicted molar refractivity (Wildman–Crippen MR) is 58.3 cm³/mol. The normalized spacial score (nSPS) is 14.9. The molecule has 0 aromatic heterocycles. The van der Waals surface area contributed by atoms with Crippen LogP contribution in [0.25, 0.3) is 0 Å². The van der Waals surface area contributed by atoms with Gasteiger partial charge in [-0.25, -0.2) is 0 Å². The molecule has 0 saturated heterocycles. The quantitative estimate of drug-likeness (QED) is 0.744. The maximum Gasteiger partial charge on any atom is 0.167 e. The third kappa shape index (κ3) is 2.20. The Morgan fingerprint density at radius 3 is 2.36 bits per heavy atom.